The van der Waals surface area contributed by atoms with Crippen LogP contribution in [0.5, 0.6) is 11.5 Å². The van der Waals surface area contributed by atoms with Crippen LogP contribution in [-0.2, 0) is 28.1 Å². The van der Waals surface area contributed by atoms with E-state index in [1.165, 1.54) is 11.1 Å². The van der Waals surface area contributed by atoms with E-state index in [4.69, 9.17) is 0 Å². The van der Waals surface area contributed by atoms with Gasteiger partial charge in [0.05, 0.1) is 0 Å². The van der Waals surface area contributed by atoms with E-state index in [9.17, 15) is 10.2 Å². The third-order valence-electron chi connectivity index (χ3n) is 6.06. The van der Waals surface area contributed by atoms with Gasteiger partial charge in [-0.15, -0.1) is 0 Å². The first-order valence-corrected chi connectivity index (χ1v) is 13.3. The Morgan fingerprint density at radius 1 is 0.556 bits per heavy atom. The predicted molar refractivity (Wildman–Crippen MR) is 160 cm³/mol. The van der Waals surface area contributed by atoms with Gasteiger partial charge in [0, 0.05) is 0 Å². The normalized spacial score (nSPS) is 12.3. The average molecular weight is 500 g/mol. The fraction of sp³-hybridized carbons (Fsp3) is 0.636. The van der Waals surface area contributed by atoms with E-state index in [0.29, 0.717) is 11.5 Å². The quantitative estimate of drug-likeness (QED) is 0.368. The molecular formula is C33H57NO2. The van der Waals surface area contributed by atoms with Crippen molar-refractivity contribution in [1.82, 2.24) is 5.32 Å². The van der Waals surface area contributed by atoms with Gasteiger partial charge in [-0.2, -0.15) is 0 Å². The maximum Gasteiger partial charge on any atom is 0.123 e. The number of rotatable bonds is 1. The number of aryl methyl sites for hydroxylation is 2. The number of hydrogen-bond acceptors (Lipinski definition) is 3. The molecule has 0 saturated heterocycles. The summed E-state index contributed by atoms with van der Waals surface area (Å²) in [5.74, 6) is 0.938. The third kappa shape index (κ3) is 9.81. The molecule has 0 radical (unpaired) electrons. The average Bonchev–Trinajstić information content (AvgIpc) is 2.67. The van der Waals surface area contributed by atoms with Crippen molar-refractivity contribution < 1.29 is 10.2 Å². The second-order valence-electron chi connectivity index (χ2n) is 14.1. The number of nitrogens with one attached hydrogen (secondary N) is 1. The summed E-state index contributed by atoms with van der Waals surface area (Å²) in [6.45, 7) is 29.9. The summed E-state index contributed by atoms with van der Waals surface area (Å²) >= 11 is 0. The van der Waals surface area contributed by atoms with Gasteiger partial charge in [0.25, 0.3) is 0 Å². The van der Waals surface area contributed by atoms with Crippen molar-refractivity contribution >= 4 is 0 Å². The third-order valence-corrected chi connectivity index (χ3v) is 6.06. The minimum Gasteiger partial charge on any atom is -0.507 e. The van der Waals surface area contributed by atoms with Gasteiger partial charge in [0.2, 0.25) is 0 Å². The Balaban J connectivity index is 0.000000614. The lowest BCUT2D eigenvalue weighted by Gasteiger charge is -2.28. The molecule has 3 heteroatoms. The molecule has 0 aromatic heterocycles. The molecule has 2 rings (SSSR count). The van der Waals surface area contributed by atoms with Crippen LogP contribution in [0.2, 0.25) is 0 Å². The first-order chi connectivity index (χ1) is 16.0. The molecule has 0 aliphatic heterocycles. The first-order valence-electron chi connectivity index (χ1n) is 13.3. The van der Waals surface area contributed by atoms with Crippen LogP contribution in [0.15, 0.2) is 24.3 Å². The van der Waals surface area contributed by atoms with E-state index in [2.05, 4.69) is 127 Å². The molecule has 2 aromatic carbocycles. The highest BCUT2D eigenvalue weighted by Crippen LogP contribution is 2.40. The summed E-state index contributed by atoms with van der Waals surface area (Å²) in [6, 6.07) is 8.46. The Labute approximate surface area is 223 Å². The summed E-state index contributed by atoms with van der Waals surface area (Å²) in [6.07, 6.45) is 1.01. The smallest absolute Gasteiger partial charge is 0.123 e. The van der Waals surface area contributed by atoms with Crippen molar-refractivity contribution in [2.24, 2.45) is 0 Å². The number of phenols is 2. The molecule has 0 spiro atoms. The largest absolute Gasteiger partial charge is 0.507 e. The highest BCUT2D eigenvalue weighted by Gasteiger charge is 2.27. The molecule has 0 saturated carbocycles. The standard InChI is InChI=1S/C16H26O.C15H24O.C2H7N/c1-8-11-9-12(15(2,3)4)14(17)13(10-11)16(5,6)7;1-10-8-11(14(2,3)4)13(16)12(9-10)15(5,6)7;1-3-2/h9-10,17H,8H2,1-7H3;8-9,16H,1-7H3;3H,1-2H3. The fourth-order valence-electron chi connectivity index (χ4n) is 3.96. The van der Waals surface area contributed by atoms with E-state index >= 15 is 0 Å². The maximum absolute atomic E-state index is 10.5. The van der Waals surface area contributed by atoms with Gasteiger partial charge in [-0.25, -0.2) is 0 Å². The van der Waals surface area contributed by atoms with Gasteiger partial charge in [-0.1, -0.05) is 120 Å². The van der Waals surface area contributed by atoms with Crippen LogP contribution in [0.25, 0.3) is 0 Å². The molecule has 0 unspecified atom stereocenters. The number of benzene rings is 2. The Morgan fingerprint density at radius 2 is 0.778 bits per heavy atom. The highest BCUT2D eigenvalue weighted by molar-refractivity contribution is 5.50. The number of phenolic OH excluding ortho intramolecular Hbond substituents is 2. The molecule has 206 valence electrons. The molecule has 3 N–H and O–H groups in total. The van der Waals surface area contributed by atoms with Crippen LogP contribution in [0.1, 0.15) is 123 Å². The summed E-state index contributed by atoms with van der Waals surface area (Å²) in [5.41, 5.74) is 6.64. The molecular weight excluding hydrogens is 442 g/mol. The summed E-state index contributed by atoms with van der Waals surface area (Å²) in [4.78, 5) is 0. The lowest BCUT2D eigenvalue weighted by Crippen LogP contribution is -2.17. The zero-order chi connectivity index (χ0) is 28.9. The number of hydrogen-bond donors (Lipinski definition) is 3. The summed E-state index contributed by atoms with van der Waals surface area (Å²) < 4.78 is 0. The molecule has 0 heterocycles. The van der Waals surface area contributed by atoms with Crippen LogP contribution < -0.4 is 5.32 Å². The Bertz CT molecular complexity index is 905. The topological polar surface area (TPSA) is 52.5 Å². The van der Waals surface area contributed by atoms with Crippen molar-refractivity contribution in [2.45, 2.75) is 125 Å². The molecule has 36 heavy (non-hydrogen) atoms. The minimum atomic E-state index is -0.0186. The molecule has 0 aliphatic rings. The minimum absolute atomic E-state index is 0.0178. The molecule has 0 bridgehead atoms. The van der Waals surface area contributed by atoms with Gasteiger partial charge in [-0.05, 0) is 76.9 Å². The van der Waals surface area contributed by atoms with E-state index in [-0.39, 0.29) is 21.7 Å². The summed E-state index contributed by atoms with van der Waals surface area (Å²) in [7, 11) is 3.75. The monoisotopic (exact) mass is 499 g/mol. The van der Waals surface area contributed by atoms with E-state index in [1.807, 2.05) is 14.1 Å². The van der Waals surface area contributed by atoms with E-state index in [1.54, 1.807) is 0 Å². The second-order valence-corrected chi connectivity index (χ2v) is 14.1. The molecule has 0 atom stereocenters. The molecule has 2 aromatic rings. The predicted octanol–water partition coefficient (Wildman–Crippen LogP) is 8.68. The Morgan fingerprint density at radius 3 is 0.972 bits per heavy atom. The lowest BCUT2D eigenvalue weighted by molar-refractivity contribution is 0.422. The van der Waals surface area contributed by atoms with Crippen LogP contribution in [0.3, 0.4) is 0 Å². The first kappa shape index (κ1) is 34.0. The Hall–Kier alpha value is -2.00. The fourth-order valence-corrected chi connectivity index (χ4v) is 3.96. The zero-order valence-electron chi connectivity index (χ0n) is 26.4. The van der Waals surface area contributed by atoms with Crippen LogP contribution in [0, 0.1) is 6.92 Å². The number of aromatic hydroxyl groups is 2. The lowest BCUT2D eigenvalue weighted by atomic mass is 9.78. The molecule has 0 fully saturated rings. The van der Waals surface area contributed by atoms with Gasteiger partial charge in [0.1, 0.15) is 11.5 Å². The molecule has 3 nitrogen and oxygen atoms in total. The van der Waals surface area contributed by atoms with Gasteiger partial charge >= 0.3 is 0 Å². The van der Waals surface area contributed by atoms with Crippen molar-refractivity contribution in [1.29, 1.82) is 0 Å². The molecule has 0 aliphatic carbocycles. The Kier molecular flexibility index (Phi) is 11.8. The SMILES string of the molecule is CCc1cc(C(C)(C)C)c(O)c(C(C)(C)C)c1.CNC.Cc1cc(C(C)(C)C)c(O)c(C(C)(C)C)c1. The second kappa shape index (κ2) is 12.5. The van der Waals surface area contributed by atoms with Gasteiger partial charge in [-0.3, -0.25) is 0 Å². The van der Waals surface area contributed by atoms with Gasteiger partial charge < -0.3 is 15.5 Å². The van der Waals surface area contributed by atoms with Crippen molar-refractivity contribution in [3.05, 3.63) is 57.6 Å². The van der Waals surface area contributed by atoms with Crippen molar-refractivity contribution in [2.75, 3.05) is 14.1 Å². The van der Waals surface area contributed by atoms with E-state index in [0.717, 1.165) is 28.7 Å². The van der Waals surface area contributed by atoms with Crippen molar-refractivity contribution in [3.63, 3.8) is 0 Å². The zero-order valence-corrected chi connectivity index (χ0v) is 26.4. The van der Waals surface area contributed by atoms with Crippen molar-refractivity contribution in [3.8, 4) is 11.5 Å². The summed E-state index contributed by atoms with van der Waals surface area (Å²) in [5, 5.41) is 23.6. The maximum atomic E-state index is 10.5. The highest BCUT2D eigenvalue weighted by atomic mass is 16.3. The van der Waals surface area contributed by atoms with Crippen LogP contribution in [0.4, 0.5) is 0 Å². The van der Waals surface area contributed by atoms with Crippen LogP contribution >= 0.6 is 0 Å². The van der Waals surface area contributed by atoms with E-state index < -0.39 is 0 Å². The van der Waals surface area contributed by atoms with Crippen LogP contribution in [-0.4, -0.2) is 24.3 Å². The molecule has 0 amide bonds. The van der Waals surface area contributed by atoms with Gasteiger partial charge in [0.15, 0.2) is 0 Å².